The molecule has 19 heavy (non-hydrogen) atoms. The minimum absolute atomic E-state index is 0.175. The van der Waals surface area contributed by atoms with Crippen LogP contribution >= 0.6 is 15.9 Å². The SMILES string of the molecule is O=C(NCCC1CCCCC1)Nc1ccc(Br)cn1. The highest BCUT2D eigenvalue weighted by molar-refractivity contribution is 9.10. The Morgan fingerprint density at radius 1 is 1.32 bits per heavy atom. The third kappa shape index (κ3) is 5.19. The lowest BCUT2D eigenvalue weighted by Gasteiger charge is -2.21. The molecule has 0 radical (unpaired) electrons. The Bertz CT molecular complexity index is 402. The van der Waals surface area contributed by atoms with Gasteiger partial charge < -0.3 is 5.32 Å². The van der Waals surface area contributed by atoms with Gasteiger partial charge in [-0.15, -0.1) is 0 Å². The summed E-state index contributed by atoms with van der Waals surface area (Å²) in [7, 11) is 0. The predicted molar refractivity (Wildman–Crippen MR) is 80.2 cm³/mol. The van der Waals surface area contributed by atoms with Crippen molar-refractivity contribution < 1.29 is 4.79 Å². The molecule has 1 aliphatic rings. The lowest BCUT2D eigenvalue weighted by molar-refractivity contribution is 0.250. The highest BCUT2D eigenvalue weighted by atomic mass is 79.9. The zero-order chi connectivity index (χ0) is 13.5. The fourth-order valence-electron chi connectivity index (χ4n) is 2.48. The number of carbonyl (C=O) groups is 1. The topological polar surface area (TPSA) is 54.0 Å². The molecule has 2 rings (SSSR count). The Kier molecular flexibility index (Phi) is 5.63. The highest BCUT2D eigenvalue weighted by Crippen LogP contribution is 2.25. The molecular formula is C14H20BrN3O. The van der Waals surface area contributed by atoms with Crippen LogP contribution in [0.25, 0.3) is 0 Å². The van der Waals surface area contributed by atoms with Crippen molar-refractivity contribution in [1.82, 2.24) is 10.3 Å². The van der Waals surface area contributed by atoms with Crippen LogP contribution in [0, 0.1) is 5.92 Å². The summed E-state index contributed by atoms with van der Waals surface area (Å²) < 4.78 is 0.899. The van der Waals surface area contributed by atoms with Crippen LogP contribution in [0.2, 0.25) is 0 Å². The quantitative estimate of drug-likeness (QED) is 0.881. The van der Waals surface area contributed by atoms with E-state index in [0.29, 0.717) is 5.82 Å². The molecule has 1 heterocycles. The number of anilines is 1. The lowest BCUT2D eigenvalue weighted by atomic mass is 9.87. The molecule has 2 amide bonds. The summed E-state index contributed by atoms with van der Waals surface area (Å²) >= 11 is 3.31. The third-order valence-electron chi connectivity index (χ3n) is 3.53. The molecule has 0 unspecified atom stereocenters. The summed E-state index contributed by atoms with van der Waals surface area (Å²) in [6.45, 7) is 0.743. The zero-order valence-corrected chi connectivity index (χ0v) is 12.6. The monoisotopic (exact) mass is 325 g/mol. The van der Waals surface area contributed by atoms with E-state index in [1.165, 1.54) is 32.1 Å². The molecule has 1 saturated carbocycles. The van der Waals surface area contributed by atoms with Crippen LogP contribution in [0.15, 0.2) is 22.8 Å². The first-order valence-corrected chi connectivity index (χ1v) is 7.70. The second kappa shape index (κ2) is 7.48. The maximum absolute atomic E-state index is 11.7. The molecule has 0 aliphatic heterocycles. The fourth-order valence-corrected chi connectivity index (χ4v) is 2.71. The van der Waals surface area contributed by atoms with Gasteiger partial charge in [-0.05, 0) is 40.4 Å². The van der Waals surface area contributed by atoms with E-state index in [-0.39, 0.29) is 6.03 Å². The maximum atomic E-state index is 11.7. The average molecular weight is 326 g/mol. The fraction of sp³-hybridized carbons (Fsp3) is 0.571. The van der Waals surface area contributed by atoms with Crippen LogP contribution in [0.3, 0.4) is 0 Å². The molecule has 1 aromatic heterocycles. The number of pyridine rings is 1. The number of carbonyl (C=O) groups excluding carboxylic acids is 1. The Balaban J connectivity index is 1.65. The number of amides is 2. The van der Waals surface area contributed by atoms with E-state index in [1.807, 2.05) is 6.07 Å². The van der Waals surface area contributed by atoms with Crippen LogP contribution in [0.1, 0.15) is 38.5 Å². The molecule has 1 aromatic rings. The standard InChI is InChI=1S/C14H20BrN3O/c15-12-6-7-13(17-10-12)18-14(19)16-9-8-11-4-2-1-3-5-11/h6-7,10-11H,1-5,8-9H2,(H2,16,17,18,19). The first kappa shape index (κ1) is 14.3. The zero-order valence-electron chi connectivity index (χ0n) is 11.0. The van der Waals surface area contributed by atoms with Gasteiger partial charge >= 0.3 is 6.03 Å². The van der Waals surface area contributed by atoms with Gasteiger partial charge in [0.05, 0.1) is 0 Å². The van der Waals surface area contributed by atoms with Gasteiger partial charge in [0.1, 0.15) is 5.82 Å². The molecule has 2 N–H and O–H groups in total. The summed E-state index contributed by atoms with van der Waals surface area (Å²) in [4.78, 5) is 15.8. The van der Waals surface area contributed by atoms with Crippen molar-refractivity contribution in [3.63, 3.8) is 0 Å². The number of hydrogen-bond donors (Lipinski definition) is 2. The molecule has 0 bridgehead atoms. The summed E-state index contributed by atoms with van der Waals surface area (Å²) in [5.41, 5.74) is 0. The second-order valence-electron chi connectivity index (χ2n) is 5.04. The number of hydrogen-bond acceptors (Lipinski definition) is 2. The van der Waals surface area contributed by atoms with E-state index in [0.717, 1.165) is 23.4 Å². The first-order chi connectivity index (χ1) is 9.24. The number of aromatic nitrogens is 1. The average Bonchev–Trinajstić information content (AvgIpc) is 2.43. The molecule has 1 fully saturated rings. The van der Waals surface area contributed by atoms with Crippen molar-refractivity contribution in [1.29, 1.82) is 0 Å². The van der Waals surface area contributed by atoms with Gasteiger partial charge in [0.25, 0.3) is 0 Å². The van der Waals surface area contributed by atoms with E-state index >= 15 is 0 Å². The highest BCUT2D eigenvalue weighted by Gasteiger charge is 2.13. The number of urea groups is 1. The lowest BCUT2D eigenvalue weighted by Crippen LogP contribution is -2.31. The molecule has 1 aliphatic carbocycles. The number of nitrogens with one attached hydrogen (secondary N) is 2. The number of rotatable bonds is 4. The van der Waals surface area contributed by atoms with E-state index < -0.39 is 0 Å². The Morgan fingerprint density at radius 2 is 2.11 bits per heavy atom. The Labute approximate surface area is 122 Å². The van der Waals surface area contributed by atoms with E-state index in [1.54, 1.807) is 12.3 Å². The van der Waals surface area contributed by atoms with Crippen molar-refractivity contribution in [2.24, 2.45) is 5.92 Å². The summed E-state index contributed by atoms with van der Waals surface area (Å²) in [5.74, 6) is 1.36. The van der Waals surface area contributed by atoms with E-state index in [9.17, 15) is 4.79 Å². The molecular weight excluding hydrogens is 306 g/mol. The summed E-state index contributed by atoms with van der Waals surface area (Å²) in [6, 6.07) is 3.45. The molecule has 104 valence electrons. The van der Waals surface area contributed by atoms with Gasteiger partial charge in [-0.3, -0.25) is 5.32 Å². The Hall–Kier alpha value is -1.10. The molecule has 0 atom stereocenters. The minimum Gasteiger partial charge on any atom is -0.338 e. The molecule has 0 saturated heterocycles. The van der Waals surface area contributed by atoms with Crippen LogP contribution in [-0.2, 0) is 0 Å². The van der Waals surface area contributed by atoms with Crippen molar-refractivity contribution >= 4 is 27.8 Å². The molecule has 0 spiro atoms. The van der Waals surface area contributed by atoms with Crippen LogP contribution < -0.4 is 10.6 Å². The Morgan fingerprint density at radius 3 is 2.79 bits per heavy atom. The first-order valence-electron chi connectivity index (χ1n) is 6.90. The van der Waals surface area contributed by atoms with Gasteiger partial charge in [0.15, 0.2) is 0 Å². The van der Waals surface area contributed by atoms with Crippen LogP contribution in [0.5, 0.6) is 0 Å². The summed E-state index contributed by atoms with van der Waals surface area (Å²) in [6.07, 6.45) is 9.45. The molecule has 4 nitrogen and oxygen atoms in total. The van der Waals surface area contributed by atoms with Crippen molar-refractivity contribution in [3.8, 4) is 0 Å². The van der Waals surface area contributed by atoms with Crippen molar-refractivity contribution in [2.75, 3.05) is 11.9 Å². The van der Waals surface area contributed by atoms with Gasteiger partial charge in [-0.1, -0.05) is 32.1 Å². The minimum atomic E-state index is -0.175. The van der Waals surface area contributed by atoms with E-state index in [2.05, 4.69) is 31.5 Å². The molecule has 5 heteroatoms. The van der Waals surface area contributed by atoms with E-state index in [4.69, 9.17) is 0 Å². The second-order valence-corrected chi connectivity index (χ2v) is 5.95. The van der Waals surface area contributed by atoms with Crippen molar-refractivity contribution in [2.45, 2.75) is 38.5 Å². The predicted octanol–water partition coefficient (Wildman–Crippen LogP) is 3.94. The number of nitrogens with zero attached hydrogens (tertiary/aromatic N) is 1. The van der Waals surface area contributed by atoms with Crippen molar-refractivity contribution in [3.05, 3.63) is 22.8 Å². The van der Waals surface area contributed by atoms with Crippen LogP contribution in [-0.4, -0.2) is 17.6 Å². The molecule has 0 aromatic carbocycles. The number of halogens is 1. The maximum Gasteiger partial charge on any atom is 0.320 e. The van der Waals surface area contributed by atoms with Gasteiger partial charge in [0.2, 0.25) is 0 Å². The normalized spacial score (nSPS) is 16.1. The van der Waals surface area contributed by atoms with Gasteiger partial charge in [-0.25, -0.2) is 9.78 Å². The van der Waals surface area contributed by atoms with Gasteiger partial charge in [-0.2, -0.15) is 0 Å². The third-order valence-corrected chi connectivity index (χ3v) is 4.00. The van der Waals surface area contributed by atoms with Crippen LogP contribution in [0.4, 0.5) is 10.6 Å². The smallest absolute Gasteiger partial charge is 0.320 e. The summed E-state index contributed by atoms with van der Waals surface area (Å²) in [5, 5.41) is 5.62. The van der Waals surface area contributed by atoms with Gasteiger partial charge in [0, 0.05) is 17.2 Å². The largest absolute Gasteiger partial charge is 0.338 e.